The third-order valence-electron chi connectivity index (χ3n) is 8.46. The lowest BCUT2D eigenvalue weighted by Gasteiger charge is -2.49. The van der Waals surface area contributed by atoms with Gasteiger partial charge in [0.1, 0.15) is 73.2 Å². The van der Waals surface area contributed by atoms with Crippen molar-refractivity contribution in [2.75, 3.05) is 112 Å². The number of hydrogen-bond donors (Lipinski definition) is 0. The van der Waals surface area contributed by atoms with E-state index in [1.54, 1.807) is 78.2 Å². The molecule has 0 aliphatic carbocycles. The molecule has 0 spiro atoms. The van der Waals surface area contributed by atoms with Crippen LogP contribution in [-0.4, -0.2) is 198 Å². The molecule has 2 rings (SSSR count). The molecule has 0 aromatic carbocycles. The Hall–Kier alpha value is -0.640. The molecule has 16 nitrogen and oxygen atoms in total. The Morgan fingerprint density at radius 2 is 0.870 bits per heavy atom. The Balaban J connectivity index is 2.38. The molecule has 46 heavy (non-hydrogen) atoms. The molecule has 2 saturated heterocycles. The molecule has 0 radical (unpaired) electrons. The minimum absolute atomic E-state index is 0.0324. The maximum Gasteiger partial charge on any atom is 0.187 e. The second-order valence-electron chi connectivity index (χ2n) is 10.8. The molecule has 0 bridgehead atoms. The third kappa shape index (κ3) is 10.2. The summed E-state index contributed by atoms with van der Waals surface area (Å²) in [5.41, 5.74) is 0. The lowest BCUT2D eigenvalue weighted by Crippen LogP contribution is -2.66. The van der Waals surface area contributed by atoms with Gasteiger partial charge in [-0.2, -0.15) is 0 Å². The van der Waals surface area contributed by atoms with Crippen molar-refractivity contribution >= 4 is 0 Å². The van der Waals surface area contributed by atoms with Gasteiger partial charge in [-0.3, -0.25) is 0 Å². The highest BCUT2D eigenvalue weighted by atomic mass is 16.8. The summed E-state index contributed by atoms with van der Waals surface area (Å²) in [6.45, 7) is 0.730. The van der Waals surface area contributed by atoms with Crippen LogP contribution in [0.2, 0.25) is 0 Å². The smallest absolute Gasteiger partial charge is 0.187 e. The lowest BCUT2D eigenvalue weighted by molar-refractivity contribution is -0.370. The van der Waals surface area contributed by atoms with Crippen molar-refractivity contribution in [1.29, 1.82) is 0 Å². The van der Waals surface area contributed by atoms with Crippen LogP contribution in [0.1, 0.15) is 0 Å². The summed E-state index contributed by atoms with van der Waals surface area (Å²) < 4.78 is 94.2. The van der Waals surface area contributed by atoms with Crippen LogP contribution in [-0.2, 0) is 75.8 Å². The van der Waals surface area contributed by atoms with Gasteiger partial charge in [-0.05, 0) is 0 Å². The number of rotatable bonds is 23. The molecule has 0 amide bonds. The van der Waals surface area contributed by atoms with Gasteiger partial charge >= 0.3 is 0 Å². The summed E-state index contributed by atoms with van der Waals surface area (Å²) in [6, 6.07) is 0. The van der Waals surface area contributed by atoms with Crippen molar-refractivity contribution in [3.63, 3.8) is 0 Å². The molecule has 16 heteroatoms. The van der Waals surface area contributed by atoms with Gasteiger partial charge < -0.3 is 75.8 Å². The summed E-state index contributed by atoms with van der Waals surface area (Å²) in [7, 11) is 18.8. The Morgan fingerprint density at radius 1 is 0.435 bits per heavy atom. The SMILES string of the molecule is COCC(OC)C(OC)C(OC)C(COC1OC(COC)C(OC)C(O[C@@H]2O[C@H](COC)[C@@H](OC)[C@H](OC)[C@H]2OC)C1OC)OC. The normalized spacial score (nSPS) is 34.7. The van der Waals surface area contributed by atoms with Crippen LogP contribution >= 0.6 is 0 Å². The average molecular weight is 675 g/mol. The minimum Gasteiger partial charge on any atom is -0.382 e. The summed E-state index contributed by atoms with van der Waals surface area (Å²) in [5, 5.41) is 0. The van der Waals surface area contributed by atoms with E-state index in [4.69, 9.17) is 75.8 Å². The molecule has 2 aliphatic heterocycles. The summed E-state index contributed by atoms with van der Waals surface area (Å²) in [6.07, 6.45) is -9.06. The maximum absolute atomic E-state index is 6.67. The van der Waals surface area contributed by atoms with Gasteiger partial charge in [0, 0.05) is 85.3 Å². The molecule has 0 aromatic rings. The molecular weight excluding hydrogens is 616 g/mol. The largest absolute Gasteiger partial charge is 0.382 e. The van der Waals surface area contributed by atoms with Crippen molar-refractivity contribution in [3.8, 4) is 0 Å². The molecule has 0 N–H and O–H groups in total. The van der Waals surface area contributed by atoms with Gasteiger partial charge in [-0.1, -0.05) is 0 Å². The fourth-order valence-electron chi connectivity index (χ4n) is 6.18. The van der Waals surface area contributed by atoms with Crippen molar-refractivity contribution in [3.05, 3.63) is 0 Å². The summed E-state index contributed by atoms with van der Waals surface area (Å²) in [5.74, 6) is 0. The molecule has 14 atom stereocenters. The molecule has 2 aliphatic rings. The monoisotopic (exact) mass is 674 g/mol. The summed E-state index contributed by atoms with van der Waals surface area (Å²) >= 11 is 0. The maximum atomic E-state index is 6.67. The van der Waals surface area contributed by atoms with E-state index in [1.165, 1.54) is 7.11 Å². The highest BCUT2D eigenvalue weighted by Crippen LogP contribution is 2.34. The van der Waals surface area contributed by atoms with Crippen molar-refractivity contribution in [2.24, 2.45) is 0 Å². The van der Waals surface area contributed by atoms with E-state index < -0.39 is 85.8 Å². The van der Waals surface area contributed by atoms with E-state index in [0.717, 1.165) is 0 Å². The molecule has 0 saturated carbocycles. The first-order valence-electron chi connectivity index (χ1n) is 15.1. The van der Waals surface area contributed by atoms with Crippen LogP contribution in [0.4, 0.5) is 0 Å². The van der Waals surface area contributed by atoms with Crippen molar-refractivity contribution in [1.82, 2.24) is 0 Å². The zero-order chi connectivity index (χ0) is 34.2. The number of methoxy groups -OCH3 is 12. The Kier molecular flexibility index (Phi) is 20.0. The molecule has 2 fully saturated rings. The van der Waals surface area contributed by atoms with Crippen LogP contribution < -0.4 is 0 Å². The molecule has 0 aromatic heterocycles. The first kappa shape index (κ1) is 41.5. The van der Waals surface area contributed by atoms with Crippen LogP contribution in [0.25, 0.3) is 0 Å². The van der Waals surface area contributed by atoms with Gasteiger partial charge in [-0.25, -0.2) is 0 Å². The van der Waals surface area contributed by atoms with Gasteiger partial charge in [0.2, 0.25) is 0 Å². The highest BCUT2D eigenvalue weighted by Gasteiger charge is 2.54. The van der Waals surface area contributed by atoms with E-state index in [2.05, 4.69) is 0 Å². The lowest BCUT2D eigenvalue weighted by atomic mass is 9.96. The van der Waals surface area contributed by atoms with Crippen LogP contribution in [0.5, 0.6) is 0 Å². The number of ether oxygens (including phenoxy) is 16. The van der Waals surface area contributed by atoms with Gasteiger partial charge in [0.05, 0.1) is 26.4 Å². The molecule has 274 valence electrons. The Labute approximate surface area is 273 Å². The summed E-state index contributed by atoms with van der Waals surface area (Å²) in [4.78, 5) is 0. The average Bonchev–Trinajstić information content (AvgIpc) is 3.07. The third-order valence-corrected chi connectivity index (χ3v) is 8.46. The second-order valence-corrected chi connectivity index (χ2v) is 10.8. The second kappa shape index (κ2) is 22.2. The van der Waals surface area contributed by atoms with Crippen LogP contribution in [0.15, 0.2) is 0 Å². The minimum atomic E-state index is -0.945. The van der Waals surface area contributed by atoms with E-state index >= 15 is 0 Å². The number of hydrogen-bond acceptors (Lipinski definition) is 16. The Morgan fingerprint density at radius 3 is 1.28 bits per heavy atom. The standard InChI is InChI=1S/C30H58O16/c1-31-13-17(34-4)21(36-6)22(37-7)18(35-5)16-43-29-28(42-12)26(24(39-9)20(44-29)15-33-3)46-30-27(41-11)25(40-10)23(38-8)19(45-30)14-32-2/h17-30H,13-16H2,1-12H3/t17?,18?,19-,20?,21?,22?,23-,24?,25+,26?,27-,28?,29?,30+/m1/s1. The molecular formula is C30H58O16. The predicted molar refractivity (Wildman–Crippen MR) is 161 cm³/mol. The first-order chi connectivity index (χ1) is 22.3. The van der Waals surface area contributed by atoms with Gasteiger partial charge in [0.15, 0.2) is 12.6 Å². The zero-order valence-electron chi connectivity index (χ0n) is 29.4. The first-order valence-corrected chi connectivity index (χ1v) is 15.1. The van der Waals surface area contributed by atoms with Gasteiger partial charge in [-0.15, -0.1) is 0 Å². The van der Waals surface area contributed by atoms with Crippen LogP contribution in [0, 0.1) is 0 Å². The Bertz CT molecular complexity index is 781. The predicted octanol–water partition coefficient (Wildman–Crippen LogP) is -0.0878. The quantitative estimate of drug-likeness (QED) is 0.142. The van der Waals surface area contributed by atoms with Crippen molar-refractivity contribution in [2.45, 2.75) is 85.8 Å². The van der Waals surface area contributed by atoms with Crippen molar-refractivity contribution < 1.29 is 75.8 Å². The van der Waals surface area contributed by atoms with Gasteiger partial charge in [0.25, 0.3) is 0 Å². The van der Waals surface area contributed by atoms with E-state index in [9.17, 15) is 0 Å². The van der Waals surface area contributed by atoms with E-state index in [1.807, 2.05) is 0 Å². The van der Waals surface area contributed by atoms with E-state index in [0.29, 0.717) is 0 Å². The van der Waals surface area contributed by atoms with Crippen LogP contribution in [0.3, 0.4) is 0 Å². The molecule has 2 heterocycles. The fourth-order valence-corrected chi connectivity index (χ4v) is 6.18. The molecule has 9 unspecified atom stereocenters. The topological polar surface area (TPSA) is 148 Å². The van der Waals surface area contributed by atoms with E-state index in [-0.39, 0.29) is 26.4 Å². The fraction of sp³-hybridized carbons (Fsp3) is 1.00. The highest BCUT2D eigenvalue weighted by molar-refractivity contribution is 4.97. The zero-order valence-corrected chi connectivity index (χ0v) is 29.4.